The van der Waals surface area contributed by atoms with Crippen LogP contribution in [0, 0.1) is 0 Å². The van der Waals surface area contributed by atoms with Gasteiger partial charge in [-0.2, -0.15) is 18.1 Å². The summed E-state index contributed by atoms with van der Waals surface area (Å²) in [6.07, 6.45) is 0. The lowest BCUT2D eigenvalue weighted by molar-refractivity contribution is -0.117. The van der Waals surface area contributed by atoms with Crippen molar-refractivity contribution in [1.29, 1.82) is 0 Å². The molecule has 0 atom stereocenters. The van der Waals surface area contributed by atoms with Crippen LogP contribution in [0.2, 0.25) is 0 Å². The first-order chi connectivity index (χ1) is 15.9. The molecule has 4 aromatic rings. The van der Waals surface area contributed by atoms with Crippen molar-refractivity contribution in [3.63, 3.8) is 0 Å². The molecule has 1 amide bonds. The van der Waals surface area contributed by atoms with Gasteiger partial charge in [-0.15, -0.1) is 11.3 Å². The first kappa shape index (κ1) is 22.1. The number of nitrogens with zero attached hydrogens (tertiary/aromatic N) is 4. The highest BCUT2D eigenvalue weighted by atomic mass is 32.1. The van der Waals surface area contributed by atoms with E-state index < -0.39 is 18.2 Å². The number of carbonyl (C=O) groups excluding carboxylic acids is 1. The Balaban J connectivity index is 1.55. The smallest absolute Gasteiger partial charge is 0.387 e. The molecule has 2 aromatic heterocycles. The van der Waals surface area contributed by atoms with Gasteiger partial charge in [-0.3, -0.25) is 4.79 Å². The molecule has 0 saturated carbocycles. The van der Waals surface area contributed by atoms with Crippen LogP contribution in [0.25, 0.3) is 16.1 Å². The fourth-order valence-corrected chi connectivity index (χ4v) is 3.71. The molecular formula is C21H17F2N5O4S. The maximum Gasteiger partial charge on any atom is 0.387 e. The zero-order valence-corrected chi connectivity index (χ0v) is 18.0. The number of aromatic nitrogens is 4. The van der Waals surface area contributed by atoms with Crippen LogP contribution in [0.3, 0.4) is 0 Å². The molecule has 2 aromatic carbocycles. The van der Waals surface area contributed by atoms with Crippen LogP contribution in [-0.2, 0) is 11.3 Å². The second-order valence-electron chi connectivity index (χ2n) is 6.65. The molecular weight excluding hydrogens is 456 g/mol. The van der Waals surface area contributed by atoms with E-state index in [1.54, 1.807) is 41.8 Å². The van der Waals surface area contributed by atoms with E-state index in [0.717, 1.165) is 9.36 Å². The summed E-state index contributed by atoms with van der Waals surface area (Å²) in [5.41, 5.74) is 0.688. The topological polar surface area (TPSA) is 100 Å². The number of thiophene rings is 1. The van der Waals surface area contributed by atoms with E-state index in [1.807, 2.05) is 0 Å². The van der Waals surface area contributed by atoms with E-state index in [9.17, 15) is 18.4 Å². The number of ether oxygens (including phenoxy) is 2. The molecule has 170 valence electrons. The van der Waals surface area contributed by atoms with Gasteiger partial charge >= 0.3 is 12.3 Å². The third-order valence-corrected chi connectivity index (χ3v) is 5.37. The van der Waals surface area contributed by atoms with Gasteiger partial charge in [0, 0.05) is 11.3 Å². The number of tetrazole rings is 1. The molecule has 0 aliphatic heterocycles. The molecule has 0 saturated heterocycles. The highest BCUT2D eigenvalue weighted by Gasteiger charge is 2.16. The Morgan fingerprint density at radius 3 is 2.61 bits per heavy atom. The standard InChI is InChI=1S/C21H17F2N5O4S/c1-31-15-7-4-13(5-8-15)16-11-14(6-9-17(16)32-20(22)23)24-18(29)12-27-21(30)28(26-25-27)19-3-2-10-33-19/h2-11,20H,12H2,1H3,(H,24,29). The van der Waals surface area contributed by atoms with E-state index in [-0.39, 0.29) is 12.3 Å². The highest BCUT2D eigenvalue weighted by molar-refractivity contribution is 7.12. The predicted molar refractivity (Wildman–Crippen MR) is 117 cm³/mol. The maximum atomic E-state index is 12.9. The Labute approximate surface area is 189 Å². The zero-order valence-electron chi connectivity index (χ0n) is 17.1. The Bertz CT molecular complexity index is 1300. The van der Waals surface area contributed by atoms with Crippen molar-refractivity contribution in [3.05, 3.63) is 70.5 Å². The number of carbonyl (C=O) groups is 1. The largest absolute Gasteiger partial charge is 0.497 e. The van der Waals surface area contributed by atoms with Gasteiger partial charge < -0.3 is 14.8 Å². The van der Waals surface area contributed by atoms with Gasteiger partial charge in [-0.1, -0.05) is 12.1 Å². The summed E-state index contributed by atoms with van der Waals surface area (Å²) >= 11 is 1.31. The second kappa shape index (κ2) is 9.61. The monoisotopic (exact) mass is 473 g/mol. The molecule has 1 N–H and O–H groups in total. The van der Waals surface area contributed by atoms with Crippen LogP contribution in [0.15, 0.2) is 64.8 Å². The second-order valence-corrected chi connectivity index (χ2v) is 7.57. The minimum atomic E-state index is -3.01. The molecule has 0 fully saturated rings. The van der Waals surface area contributed by atoms with E-state index >= 15 is 0 Å². The number of rotatable bonds is 8. The lowest BCUT2D eigenvalue weighted by Gasteiger charge is -2.14. The van der Waals surface area contributed by atoms with Crippen molar-refractivity contribution in [1.82, 2.24) is 19.8 Å². The van der Waals surface area contributed by atoms with Crippen LogP contribution >= 0.6 is 11.3 Å². The van der Waals surface area contributed by atoms with Gasteiger partial charge in [0.15, 0.2) is 0 Å². The third kappa shape index (κ3) is 5.06. The summed E-state index contributed by atoms with van der Waals surface area (Å²) in [5.74, 6) is 0.00221. The minimum absolute atomic E-state index is 0.0525. The van der Waals surface area contributed by atoms with Crippen molar-refractivity contribution >= 4 is 22.9 Å². The van der Waals surface area contributed by atoms with Gasteiger partial charge in [0.1, 0.15) is 23.0 Å². The molecule has 0 bridgehead atoms. The van der Waals surface area contributed by atoms with E-state index in [0.29, 0.717) is 27.6 Å². The van der Waals surface area contributed by atoms with Crippen LogP contribution in [0.1, 0.15) is 0 Å². The molecule has 2 heterocycles. The number of anilines is 1. The first-order valence-electron chi connectivity index (χ1n) is 9.54. The van der Waals surface area contributed by atoms with Gasteiger partial charge in [-0.25, -0.2) is 4.79 Å². The Morgan fingerprint density at radius 2 is 1.94 bits per heavy atom. The van der Waals surface area contributed by atoms with Crippen LogP contribution < -0.4 is 20.5 Å². The van der Waals surface area contributed by atoms with Crippen LogP contribution in [0.5, 0.6) is 11.5 Å². The summed E-state index contributed by atoms with van der Waals surface area (Å²) in [7, 11) is 1.51. The molecule has 0 radical (unpaired) electrons. The van der Waals surface area contributed by atoms with Gasteiger partial charge in [0.2, 0.25) is 5.91 Å². The summed E-state index contributed by atoms with van der Waals surface area (Å²) < 4.78 is 37.5. The Morgan fingerprint density at radius 1 is 1.15 bits per heavy atom. The molecule has 0 unspecified atom stereocenters. The first-order valence-corrected chi connectivity index (χ1v) is 10.4. The molecule has 0 aliphatic rings. The lowest BCUT2D eigenvalue weighted by Crippen LogP contribution is -2.29. The van der Waals surface area contributed by atoms with E-state index in [4.69, 9.17) is 4.74 Å². The normalized spacial score (nSPS) is 10.9. The average Bonchev–Trinajstić information content (AvgIpc) is 3.45. The highest BCUT2D eigenvalue weighted by Crippen LogP contribution is 2.34. The third-order valence-electron chi connectivity index (χ3n) is 4.53. The zero-order chi connectivity index (χ0) is 23.4. The number of methoxy groups -OCH3 is 1. The number of hydrogen-bond acceptors (Lipinski definition) is 7. The molecule has 9 nitrogen and oxygen atoms in total. The molecule has 12 heteroatoms. The Hall–Kier alpha value is -4.06. The van der Waals surface area contributed by atoms with Crippen molar-refractivity contribution in [2.24, 2.45) is 0 Å². The maximum absolute atomic E-state index is 12.9. The predicted octanol–water partition coefficient (Wildman–Crippen LogP) is 3.41. The van der Waals surface area contributed by atoms with Gasteiger partial charge in [0.05, 0.1) is 7.11 Å². The summed E-state index contributed by atoms with van der Waals surface area (Å²) in [5, 5.41) is 12.5. The van der Waals surface area contributed by atoms with Crippen molar-refractivity contribution in [2.75, 3.05) is 12.4 Å². The number of halogens is 2. The fraction of sp³-hybridized carbons (Fsp3) is 0.143. The van der Waals surface area contributed by atoms with Gasteiger partial charge in [0.25, 0.3) is 0 Å². The van der Waals surface area contributed by atoms with Crippen molar-refractivity contribution in [3.8, 4) is 27.6 Å². The molecule has 4 rings (SSSR count). The SMILES string of the molecule is COc1ccc(-c2cc(NC(=O)Cn3nnn(-c4cccs4)c3=O)ccc2OC(F)F)cc1. The number of amides is 1. The fourth-order valence-electron chi connectivity index (χ4n) is 3.04. The molecule has 0 spiro atoms. The summed E-state index contributed by atoms with van der Waals surface area (Å²) in [4.78, 5) is 24.9. The Kier molecular flexibility index (Phi) is 6.45. The minimum Gasteiger partial charge on any atom is -0.497 e. The van der Waals surface area contributed by atoms with Crippen LogP contribution in [0.4, 0.5) is 14.5 Å². The van der Waals surface area contributed by atoms with Crippen molar-refractivity contribution in [2.45, 2.75) is 13.2 Å². The number of benzene rings is 2. The lowest BCUT2D eigenvalue weighted by atomic mass is 10.0. The van der Waals surface area contributed by atoms with E-state index in [2.05, 4.69) is 20.5 Å². The number of hydrogen-bond donors (Lipinski definition) is 1. The number of nitrogens with one attached hydrogen (secondary N) is 1. The quantitative estimate of drug-likeness (QED) is 0.421. The van der Waals surface area contributed by atoms with E-state index in [1.165, 1.54) is 36.6 Å². The average molecular weight is 473 g/mol. The van der Waals surface area contributed by atoms with Crippen LogP contribution in [-0.4, -0.2) is 39.4 Å². The molecule has 0 aliphatic carbocycles. The van der Waals surface area contributed by atoms with Crippen molar-refractivity contribution < 1.29 is 23.0 Å². The summed E-state index contributed by atoms with van der Waals surface area (Å²) in [6, 6.07) is 14.4. The van der Waals surface area contributed by atoms with Gasteiger partial charge in [-0.05, 0) is 63.8 Å². The molecule has 33 heavy (non-hydrogen) atoms. The number of alkyl halides is 2. The summed E-state index contributed by atoms with van der Waals surface area (Å²) in [6.45, 7) is -3.39.